The van der Waals surface area contributed by atoms with Crippen molar-refractivity contribution in [2.24, 2.45) is 0 Å². The number of rotatable bonds is 3. The Balaban J connectivity index is 2.06. The van der Waals surface area contributed by atoms with Gasteiger partial charge in [-0.3, -0.25) is 0 Å². The Bertz CT molecular complexity index is 752. The van der Waals surface area contributed by atoms with E-state index in [1.54, 1.807) is 13.2 Å². The molecule has 2 aromatic heterocycles. The van der Waals surface area contributed by atoms with E-state index in [9.17, 15) is 8.78 Å². The molecule has 0 fully saturated rings. The van der Waals surface area contributed by atoms with Gasteiger partial charge in [-0.05, 0) is 23.1 Å². The molecule has 0 aliphatic carbocycles. The molecule has 0 spiro atoms. The molecular formula is C14H12F2N4. The number of aromatic nitrogens is 3. The minimum atomic E-state index is -2.62. The van der Waals surface area contributed by atoms with E-state index in [0.29, 0.717) is 10.2 Å². The van der Waals surface area contributed by atoms with Crippen molar-refractivity contribution >= 4 is 16.6 Å². The zero-order valence-corrected chi connectivity index (χ0v) is 10.7. The van der Waals surface area contributed by atoms with Crippen LogP contribution in [0.15, 0.2) is 42.9 Å². The van der Waals surface area contributed by atoms with Gasteiger partial charge in [0.2, 0.25) is 0 Å². The lowest BCUT2D eigenvalue weighted by Gasteiger charge is -2.04. The van der Waals surface area contributed by atoms with Crippen LogP contribution in [-0.2, 0) is 0 Å². The van der Waals surface area contributed by atoms with E-state index in [1.165, 1.54) is 12.4 Å². The van der Waals surface area contributed by atoms with Crippen molar-refractivity contribution in [3.8, 4) is 11.1 Å². The van der Waals surface area contributed by atoms with E-state index in [0.717, 1.165) is 22.2 Å². The highest BCUT2D eigenvalue weighted by molar-refractivity contribution is 5.88. The van der Waals surface area contributed by atoms with Crippen molar-refractivity contribution in [3.63, 3.8) is 0 Å². The van der Waals surface area contributed by atoms with Crippen LogP contribution in [0.2, 0.25) is 0 Å². The highest BCUT2D eigenvalue weighted by Gasteiger charge is 2.09. The van der Waals surface area contributed by atoms with E-state index in [-0.39, 0.29) is 0 Å². The lowest BCUT2D eigenvalue weighted by Crippen LogP contribution is -1.96. The van der Waals surface area contributed by atoms with E-state index in [4.69, 9.17) is 0 Å². The van der Waals surface area contributed by atoms with E-state index in [2.05, 4.69) is 15.4 Å². The van der Waals surface area contributed by atoms with Gasteiger partial charge in [0.25, 0.3) is 0 Å². The molecule has 0 saturated heterocycles. The second-order valence-corrected chi connectivity index (χ2v) is 4.37. The van der Waals surface area contributed by atoms with Crippen molar-refractivity contribution in [1.29, 1.82) is 0 Å². The Morgan fingerprint density at radius 2 is 1.95 bits per heavy atom. The first-order chi connectivity index (χ1) is 9.67. The van der Waals surface area contributed by atoms with E-state index >= 15 is 0 Å². The summed E-state index contributed by atoms with van der Waals surface area (Å²) in [6.45, 7) is -2.62. The Labute approximate surface area is 114 Å². The number of nitrogens with one attached hydrogen (secondary N) is 1. The number of halogens is 2. The Morgan fingerprint density at radius 3 is 2.65 bits per heavy atom. The number of hydrogen-bond acceptors (Lipinski definition) is 3. The van der Waals surface area contributed by atoms with Gasteiger partial charge in [-0.15, -0.1) is 0 Å². The predicted octanol–water partition coefficient (Wildman–Crippen LogP) is 3.54. The average Bonchev–Trinajstić information content (AvgIpc) is 2.96. The van der Waals surface area contributed by atoms with Crippen LogP contribution in [0.1, 0.15) is 6.55 Å². The largest absolute Gasteiger partial charge is 0.373 e. The van der Waals surface area contributed by atoms with Crippen molar-refractivity contribution < 1.29 is 8.78 Å². The number of anilines is 1. The number of alkyl halides is 2. The summed E-state index contributed by atoms with van der Waals surface area (Å²) in [6.07, 6.45) is 4.55. The smallest absolute Gasteiger partial charge is 0.333 e. The molecule has 0 atom stereocenters. The van der Waals surface area contributed by atoms with Crippen LogP contribution in [-0.4, -0.2) is 21.8 Å². The molecule has 0 aliphatic rings. The molecule has 3 aromatic rings. The van der Waals surface area contributed by atoms with Crippen LogP contribution in [0.4, 0.5) is 14.6 Å². The number of nitrogens with zero attached hydrogens (tertiary/aromatic N) is 3. The summed E-state index contributed by atoms with van der Waals surface area (Å²) in [4.78, 5) is 4.23. The first-order valence-corrected chi connectivity index (χ1v) is 6.07. The predicted molar refractivity (Wildman–Crippen MR) is 73.8 cm³/mol. The van der Waals surface area contributed by atoms with Crippen LogP contribution >= 0.6 is 0 Å². The number of fused-ring (bicyclic) bond motifs is 1. The highest BCUT2D eigenvalue weighted by atomic mass is 19.3. The van der Waals surface area contributed by atoms with Crippen molar-refractivity contribution in [2.75, 3.05) is 12.4 Å². The molecule has 0 radical (unpaired) electrons. The third kappa shape index (κ3) is 2.20. The summed E-state index contributed by atoms with van der Waals surface area (Å²) in [5, 5.41) is 8.61. The summed E-state index contributed by atoms with van der Waals surface area (Å²) in [5.41, 5.74) is 1.51. The summed E-state index contributed by atoms with van der Waals surface area (Å²) < 4.78 is 25.7. The van der Waals surface area contributed by atoms with Gasteiger partial charge >= 0.3 is 6.55 Å². The standard InChI is InChI=1S/C14H12F2N4/c1-17-13-5-11-4-9(2-3-10(11)6-18-13)12-7-19-20(8-12)14(15)16/h2-8,14H,1H3,(H,17,18). The molecule has 1 N–H and O–H groups in total. The lowest BCUT2D eigenvalue weighted by molar-refractivity contribution is 0.0566. The minimum absolute atomic E-state index is 0.644. The van der Waals surface area contributed by atoms with Gasteiger partial charge in [-0.2, -0.15) is 13.9 Å². The minimum Gasteiger partial charge on any atom is -0.373 e. The van der Waals surface area contributed by atoms with Crippen LogP contribution in [0.25, 0.3) is 21.9 Å². The summed E-state index contributed by atoms with van der Waals surface area (Å²) in [7, 11) is 1.80. The maximum Gasteiger partial charge on any atom is 0.333 e. The zero-order valence-electron chi connectivity index (χ0n) is 10.7. The molecule has 20 heavy (non-hydrogen) atoms. The van der Waals surface area contributed by atoms with Gasteiger partial charge in [0.1, 0.15) is 5.82 Å². The third-order valence-corrected chi connectivity index (χ3v) is 3.11. The van der Waals surface area contributed by atoms with Crippen LogP contribution in [0, 0.1) is 0 Å². The average molecular weight is 274 g/mol. The normalized spacial score (nSPS) is 11.2. The maximum absolute atomic E-state index is 12.5. The second kappa shape index (κ2) is 4.88. The fourth-order valence-corrected chi connectivity index (χ4v) is 2.05. The van der Waals surface area contributed by atoms with Crippen LogP contribution < -0.4 is 5.32 Å². The van der Waals surface area contributed by atoms with E-state index < -0.39 is 6.55 Å². The monoisotopic (exact) mass is 274 g/mol. The second-order valence-electron chi connectivity index (χ2n) is 4.37. The van der Waals surface area contributed by atoms with E-state index in [1.807, 2.05) is 24.3 Å². The van der Waals surface area contributed by atoms with Crippen molar-refractivity contribution in [2.45, 2.75) is 6.55 Å². The Kier molecular flexibility index (Phi) is 3.06. The summed E-state index contributed by atoms with van der Waals surface area (Å²) >= 11 is 0. The molecular weight excluding hydrogens is 262 g/mol. The number of pyridine rings is 1. The summed E-state index contributed by atoms with van der Waals surface area (Å²) in [6, 6.07) is 7.63. The molecule has 3 rings (SSSR count). The Morgan fingerprint density at radius 1 is 1.10 bits per heavy atom. The van der Waals surface area contributed by atoms with Gasteiger partial charge in [0, 0.05) is 30.4 Å². The molecule has 0 aliphatic heterocycles. The molecule has 2 heterocycles. The molecule has 6 heteroatoms. The molecule has 0 unspecified atom stereocenters. The van der Waals surface area contributed by atoms with Crippen LogP contribution in [0.5, 0.6) is 0 Å². The quantitative estimate of drug-likeness (QED) is 0.794. The van der Waals surface area contributed by atoms with Crippen molar-refractivity contribution in [3.05, 3.63) is 42.9 Å². The maximum atomic E-state index is 12.5. The fourth-order valence-electron chi connectivity index (χ4n) is 2.05. The summed E-state index contributed by atoms with van der Waals surface area (Å²) in [5.74, 6) is 0.762. The third-order valence-electron chi connectivity index (χ3n) is 3.11. The molecule has 0 bridgehead atoms. The first kappa shape index (κ1) is 12.5. The van der Waals surface area contributed by atoms with Crippen molar-refractivity contribution in [1.82, 2.24) is 14.8 Å². The lowest BCUT2D eigenvalue weighted by atomic mass is 10.1. The Hall–Kier alpha value is -2.50. The molecule has 0 amide bonds. The fraction of sp³-hybridized carbons (Fsp3) is 0.143. The van der Waals surface area contributed by atoms with Gasteiger partial charge in [0.05, 0.1) is 6.20 Å². The van der Waals surface area contributed by atoms with Gasteiger partial charge in [-0.25, -0.2) is 9.67 Å². The molecule has 102 valence electrons. The van der Waals surface area contributed by atoms with Crippen LogP contribution in [0.3, 0.4) is 0 Å². The topological polar surface area (TPSA) is 42.7 Å². The van der Waals surface area contributed by atoms with Gasteiger partial charge < -0.3 is 5.32 Å². The number of benzene rings is 1. The number of hydrogen-bond donors (Lipinski definition) is 1. The molecule has 0 saturated carbocycles. The SMILES string of the molecule is CNc1cc2cc(-c3cnn(C(F)F)c3)ccc2cn1. The molecule has 4 nitrogen and oxygen atoms in total. The first-order valence-electron chi connectivity index (χ1n) is 6.07. The zero-order chi connectivity index (χ0) is 14.1. The van der Waals surface area contributed by atoms with Gasteiger partial charge in [0.15, 0.2) is 0 Å². The molecule has 1 aromatic carbocycles. The highest BCUT2D eigenvalue weighted by Crippen LogP contribution is 2.26. The van der Waals surface area contributed by atoms with Gasteiger partial charge in [-0.1, -0.05) is 12.1 Å².